The zero-order valence-corrected chi connectivity index (χ0v) is 18.9. The monoisotopic (exact) mass is 486 g/mol. The van der Waals surface area contributed by atoms with Crippen LogP contribution in [-0.4, -0.2) is 66.6 Å². The van der Waals surface area contributed by atoms with Crippen LogP contribution < -0.4 is 4.31 Å². The molecule has 1 aliphatic rings. The molecule has 0 amide bonds. The van der Waals surface area contributed by atoms with Gasteiger partial charge in [-0.25, -0.2) is 21.2 Å². The van der Waals surface area contributed by atoms with Crippen LogP contribution in [0.25, 0.3) is 0 Å². The summed E-state index contributed by atoms with van der Waals surface area (Å²) in [5.41, 5.74) is 0.0597. The van der Waals surface area contributed by atoms with Crippen LogP contribution in [0.4, 0.5) is 10.1 Å². The van der Waals surface area contributed by atoms with E-state index in [4.69, 9.17) is 9.47 Å². The number of benzene rings is 2. The van der Waals surface area contributed by atoms with Crippen LogP contribution in [-0.2, 0) is 34.3 Å². The molecule has 0 N–H and O–H groups in total. The molecule has 1 saturated heterocycles. The van der Waals surface area contributed by atoms with E-state index in [2.05, 4.69) is 0 Å². The number of anilines is 1. The van der Waals surface area contributed by atoms with E-state index in [1.807, 2.05) is 0 Å². The first-order valence-corrected chi connectivity index (χ1v) is 12.7. The number of hydrogen-bond acceptors (Lipinski definition) is 7. The van der Waals surface area contributed by atoms with Gasteiger partial charge in [-0.1, -0.05) is 0 Å². The third-order valence-electron chi connectivity index (χ3n) is 4.71. The normalized spacial score (nSPS) is 15.3. The number of carbonyl (C=O) groups excluding carboxylic acids is 1. The van der Waals surface area contributed by atoms with Crippen molar-refractivity contribution < 1.29 is 35.5 Å². The summed E-state index contributed by atoms with van der Waals surface area (Å²) in [5.74, 6) is -1.35. The Hall–Kier alpha value is -2.54. The van der Waals surface area contributed by atoms with Crippen LogP contribution in [0.15, 0.2) is 58.3 Å². The van der Waals surface area contributed by atoms with Gasteiger partial charge in [-0.2, -0.15) is 4.31 Å². The second kappa shape index (κ2) is 9.94. The van der Waals surface area contributed by atoms with E-state index >= 15 is 0 Å². The van der Waals surface area contributed by atoms with E-state index in [-0.39, 0.29) is 48.4 Å². The number of carbonyl (C=O) groups is 1. The van der Waals surface area contributed by atoms with Crippen molar-refractivity contribution in [1.82, 2.24) is 4.31 Å². The molecule has 12 heteroatoms. The minimum absolute atomic E-state index is 0.0583. The van der Waals surface area contributed by atoms with Gasteiger partial charge in [-0.3, -0.25) is 9.10 Å². The van der Waals surface area contributed by atoms with Crippen LogP contribution in [0.3, 0.4) is 0 Å². The van der Waals surface area contributed by atoms with Crippen LogP contribution in [0.5, 0.6) is 0 Å². The van der Waals surface area contributed by atoms with Gasteiger partial charge in [0, 0.05) is 13.1 Å². The Balaban J connectivity index is 1.93. The number of hydrogen-bond donors (Lipinski definition) is 0. The number of halogens is 1. The smallest absolute Gasteiger partial charge is 0.326 e. The fraction of sp³-hybridized carbons (Fsp3) is 0.350. The molecule has 3 rings (SSSR count). The molecule has 0 saturated carbocycles. The lowest BCUT2D eigenvalue weighted by Gasteiger charge is -2.26. The lowest BCUT2D eigenvalue weighted by Crippen LogP contribution is -2.40. The first-order chi connectivity index (χ1) is 15.2. The summed E-state index contributed by atoms with van der Waals surface area (Å²) < 4.78 is 77.5. The van der Waals surface area contributed by atoms with Gasteiger partial charge in [-0.05, 0) is 55.5 Å². The van der Waals surface area contributed by atoms with Gasteiger partial charge in [0.2, 0.25) is 10.0 Å². The molecule has 0 spiro atoms. The summed E-state index contributed by atoms with van der Waals surface area (Å²) in [6.07, 6.45) is 0. The van der Waals surface area contributed by atoms with Crippen LogP contribution in [0.2, 0.25) is 0 Å². The first kappa shape index (κ1) is 24.1. The molecule has 9 nitrogen and oxygen atoms in total. The van der Waals surface area contributed by atoms with Gasteiger partial charge < -0.3 is 9.47 Å². The maximum Gasteiger partial charge on any atom is 0.326 e. The van der Waals surface area contributed by atoms with Crippen molar-refractivity contribution in [1.29, 1.82) is 0 Å². The molecule has 0 unspecified atom stereocenters. The van der Waals surface area contributed by atoms with E-state index in [1.165, 1.54) is 28.6 Å². The quantitative estimate of drug-likeness (QED) is 0.521. The molecule has 2 aromatic carbocycles. The molecule has 2 aromatic rings. The summed E-state index contributed by atoms with van der Waals surface area (Å²) in [5, 5.41) is 0. The average molecular weight is 487 g/mol. The predicted octanol–water partition coefficient (Wildman–Crippen LogP) is 1.60. The van der Waals surface area contributed by atoms with Crippen molar-refractivity contribution in [3.63, 3.8) is 0 Å². The van der Waals surface area contributed by atoms with Crippen LogP contribution in [0.1, 0.15) is 6.92 Å². The molecule has 1 fully saturated rings. The maximum atomic E-state index is 13.3. The molecule has 1 aliphatic heterocycles. The summed E-state index contributed by atoms with van der Waals surface area (Å²) in [6.45, 7) is 2.00. The fourth-order valence-corrected chi connectivity index (χ4v) is 5.91. The number of rotatable bonds is 8. The number of morpholine rings is 1. The maximum absolute atomic E-state index is 13.3. The Labute approximate surface area is 186 Å². The second-order valence-electron chi connectivity index (χ2n) is 6.78. The minimum Gasteiger partial charge on any atom is -0.465 e. The highest BCUT2D eigenvalue weighted by molar-refractivity contribution is 7.93. The Morgan fingerprint density at radius 2 is 1.56 bits per heavy atom. The van der Waals surface area contributed by atoms with Crippen molar-refractivity contribution in [3.05, 3.63) is 54.3 Å². The lowest BCUT2D eigenvalue weighted by atomic mass is 10.3. The summed E-state index contributed by atoms with van der Waals surface area (Å²) in [6, 6.07) is 9.30. The predicted molar refractivity (Wildman–Crippen MR) is 114 cm³/mol. The standard InChI is InChI=1S/C20H23FN2O7S2/c1-2-30-20(24)15-23(17-5-3-16(21)4-6-17)32(27,28)19-9-7-18(8-10-19)31(25,26)22-11-13-29-14-12-22/h3-10H,2,11-15H2,1H3. The summed E-state index contributed by atoms with van der Waals surface area (Å²) in [7, 11) is -8.08. The lowest BCUT2D eigenvalue weighted by molar-refractivity contribution is -0.141. The van der Waals surface area contributed by atoms with Crippen LogP contribution in [0, 0.1) is 5.82 Å². The van der Waals surface area contributed by atoms with Crippen LogP contribution >= 0.6 is 0 Å². The van der Waals surface area contributed by atoms with Crippen molar-refractivity contribution in [3.8, 4) is 0 Å². The Kier molecular flexibility index (Phi) is 7.49. The van der Waals surface area contributed by atoms with Crippen molar-refractivity contribution in [2.24, 2.45) is 0 Å². The fourth-order valence-electron chi connectivity index (χ4n) is 3.09. The van der Waals surface area contributed by atoms with Gasteiger partial charge in [0.25, 0.3) is 10.0 Å². The first-order valence-electron chi connectivity index (χ1n) is 9.78. The zero-order chi connectivity index (χ0) is 23.4. The number of nitrogens with zero attached hydrogens (tertiary/aromatic N) is 2. The van der Waals surface area contributed by atoms with Gasteiger partial charge >= 0.3 is 5.97 Å². The molecular formula is C20H23FN2O7S2. The molecule has 1 heterocycles. The Morgan fingerprint density at radius 3 is 2.12 bits per heavy atom. The molecule has 0 aromatic heterocycles. The summed E-state index contributed by atoms with van der Waals surface area (Å²) in [4.78, 5) is 11.7. The molecule has 32 heavy (non-hydrogen) atoms. The van der Waals surface area contributed by atoms with E-state index in [0.29, 0.717) is 0 Å². The molecule has 0 atom stereocenters. The van der Waals surface area contributed by atoms with Gasteiger partial charge in [0.15, 0.2) is 0 Å². The molecule has 174 valence electrons. The Bertz CT molecular complexity index is 1150. The topological polar surface area (TPSA) is 110 Å². The van der Waals surface area contributed by atoms with Crippen molar-refractivity contribution >= 4 is 31.7 Å². The van der Waals surface area contributed by atoms with E-state index in [9.17, 15) is 26.0 Å². The Morgan fingerprint density at radius 1 is 1.00 bits per heavy atom. The highest BCUT2D eigenvalue weighted by Gasteiger charge is 2.30. The van der Waals surface area contributed by atoms with Gasteiger partial charge in [0.1, 0.15) is 12.4 Å². The van der Waals surface area contributed by atoms with Crippen molar-refractivity contribution in [2.75, 3.05) is 43.8 Å². The molecule has 0 radical (unpaired) electrons. The molecule has 0 aliphatic carbocycles. The zero-order valence-electron chi connectivity index (χ0n) is 17.3. The highest BCUT2D eigenvalue weighted by Crippen LogP contribution is 2.26. The van der Waals surface area contributed by atoms with E-state index in [1.54, 1.807) is 6.92 Å². The minimum atomic E-state index is -4.29. The highest BCUT2D eigenvalue weighted by atomic mass is 32.2. The van der Waals surface area contributed by atoms with Crippen molar-refractivity contribution in [2.45, 2.75) is 16.7 Å². The number of ether oxygens (including phenoxy) is 2. The number of esters is 1. The summed E-state index contributed by atoms with van der Waals surface area (Å²) >= 11 is 0. The largest absolute Gasteiger partial charge is 0.465 e. The van der Waals surface area contributed by atoms with E-state index in [0.717, 1.165) is 28.6 Å². The SMILES string of the molecule is CCOC(=O)CN(c1ccc(F)cc1)S(=O)(=O)c1ccc(S(=O)(=O)N2CCOCC2)cc1. The number of sulfonamides is 2. The van der Waals surface area contributed by atoms with E-state index < -0.39 is 38.4 Å². The third kappa shape index (κ3) is 5.26. The average Bonchev–Trinajstić information content (AvgIpc) is 2.79. The van der Waals surface area contributed by atoms with Gasteiger partial charge in [-0.15, -0.1) is 0 Å². The molecule has 0 bridgehead atoms. The van der Waals surface area contributed by atoms with Gasteiger partial charge in [0.05, 0.1) is 35.3 Å². The molecular weight excluding hydrogens is 463 g/mol. The second-order valence-corrected chi connectivity index (χ2v) is 10.6. The third-order valence-corrected chi connectivity index (χ3v) is 8.41.